The summed E-state index contributed by atoms with van der Waals surface area (Å²) in [6, 6.07) is 12.4. The molecule has 2 aromatic heterocycles. The summed E-state index contributed by atoms with van der Waals surface area (Å²) in [6.45, 7) is 0.178. The Labute approximate surface area is 126 Å². The molecule has 21 heavy (non-hydrogen) atoms. The smallest absolute Gasteiger partial charge is 0.264 e. The summed E-state index contributed by atoms with van der Waals surface area (Å²) < 4.78 is 28.7. The van der Waals surface area contributed by atoms with Crippen molar-refractivity contribution < 1.29 is 8.42 Å². The molecule has 5 nitrogen and oxygen atoms in total. The van der Waals surface area contributed by atoms with Crippen molar-refractivity contribution in [2.75, 3.05) is 4.72 Å². The maximum Gasteiger partial charge on any atom is 0.264 e. The van der Waals surface area contributed by atoms with Gasteiger partial charge in [0.15, 0.2) is 0 Å². The number of nitrogens with zero attached hydrogens (tertiary/aromatic N) is 1. The molecular formula is C14H13N3O2S2. The Kier molecular flexibility index (Phi) is 3.62. The van der Waals surface area contributed by atoms with Crippen LogP contribution in [0.3, 0.4) is 0 Å². The van der Waals surface area contributed by atoms with Gasteiger partial charge in [-0.1, -0.05) is 24.3 Å². The van der Waals surface area contributed by atoms with Crippen LogP contribution in [0.4, 0.5) is 5.82 Å². The normalized spacial score (nSPS) is 11.7. The van der Waals surface area contributed by atoms with Gasteiger partial charge < -0.3 is 5.73 Å². The molecule has 0 aliphatic heterocycles. The minimum absolute atomic E-state index is 0.178. The molecule has 0 unspecified atom stereocenters. The summed E-state index contributed by atoms with van der Waals surface area (Å²) in [4.78, 5) is 4.88. The molecule has 7 heteroatoms. The number of aromatic nitrogens is 1. The summed E-state index contributed by atoms with van der Waals surface area (Å²) in [5, 5.41) is 0.686. The third-order valence-corrected chi connectivity index (χ3v) is 5.78. The standard InChI is InChI=1S/C14H13N3O2S2/c15-9-12-14(10-5-1-2-6-11(10)20-12)21(18,19)17-13-7-3-4-8-16-13/h1-8H,9,15H2,(H,16,17). The van der Waals surface area contributed by atoms with Gasteiger partial charge in [-0.3, -0.25) is 4.72 Å². The fourth-order valence-corrected chi connectivity index (χ4v) is 4.96. The van der Waals surface area contributed by atoms with Crippen LogP contribution in [0.25, 0.3) is 10.1 Å². The van der Waals surface area contributed by atoms with Crippen LogP contribution in [0, 0.1) is 0 Å². The Morgan fingerprint density at radius 3 is 2.62 bits per heavy atom. The molecule has 1 aromatic carbocycles. The first kappa shape index (κ1) is 14.0. The number of sulfonamides is 1. The minimum atomic E-state index is -3.72. The highest BCUT2D eigenvalue weighted by molar-refractivity contribution is 7.93. The average Bonchev–Trinajstić information content (AvgIpc) is 2.87. The Morgan fingerprint density at radius 1 is 1.14 bits per heavy atom. The third-order valence-electron chi connectivity index (χ3n) is 2.98. The lowest BCUT2D eigenvalue weighted by Crippen LogP contribution is -2.15. The van der Waals surface area contributed by atoms with E-state index in [4.69, 9.17) is 5.73 Å². The monoisotopic (exact) mass is 319 g/mol. The fourth-order valence-electron chi connectivity index (χ4n) is 2.11. The van der Waals surface area contributed by atoms with Crippen LogP contribution in [0.15, 0.2) is 53.6 Å². The molecule has 0 saturated carbocycles. The molecule has 0 saturated heterocycles. The summed E-state index contributed by atoms with van der Waals surface area (Å²) in [7, 11) is -3.72. The molecule has 3 rings (SSSR count). The highest BCUT2D eigenvalue weighted by Gasteiger charge is 2.24. The molecule has 0 aliphatic rings. The number of benzene rings is 1. The van der Waals surface area contributed by atoms with E-state index >= 15 is 0 Å². The van der Waals surface area contributed by atoms with Crippen LogP contribution in [-0.4, -0.2) is 13.4 Å². The molecule has 0 spiro atoms. The van der Waals surface area contributed by atoms with Gasteiger partial charge in [0.1, 0.15) is 10.7 Å². The zero-order valence-corrected chi connectivity index (χ0v) is 12.6. The van der Waals surface area contributed by atoms with Crippen LogP contribution in [0.2, 0.25) is 0 Å². The zero-order valence-electron chi connectivity index (χ0n) is 11.0. The Bertz CT molecular complexity index is 874. The van der Waals surface area contributed by atoms with Crippen molar-refractivity contribution >= 4 is 37.3 Å². The zero-order chi connectivity index (χ0) is 14.9. The number of rotatable bonds is 4. The molecule has 3 N–H and O–H groups in total. The largest absolute Gasteiger partial charge is 0.326 e. The number of hydrogen-bond donors (Lipinski definition) is 2. The molecule has 2 heterocycles. The van der Waals surface area contributed by atoms with Crippen molar-refractivity contribution in [1.29, 1.82) is 0 Å². The van der Waals surface area contributed by atoms with Crippen molar-refractivity contribution in [3.05, 3.63) is 53.5 Å². The van der Waals surface area contributed by atoms with E-state index in [-0.39, 0.29) is 17.3 Å². The molecular weight excluding hydrogens is 306 g/mol. The summed E-state index contributed by atoms with van der Waals surface area (Å²) >= 11 is 1.40. The van der Waals surface area contributed by atoms with Gasteiger partial charge in [0.2, 0.25) is 0 Å². The van der Waals surface area contributed by atoms with E-state index in [9.17, 15) is 8.42 Å². The first-order valence-electron chi connectivity index (χ1n) is 6.26. The van der Waals surface area contributed by atoms with E-state index in [1.165, 1.54) is 17.5 Å². The number of pyridine rings is 1. The molecule has 0 radical (unpaired) electrons. The number of nitrogens with one attached hydrogen (secondary N) is 1. The van der Waals surface area contributed by atoms with Crippen LogP contribution < -0.4 is 10.5 Å². The predicted molar refractivity (Wildman–Crippen MR) is 84.8 cm³/mol. The van der Waals surface area contributed by atoms with E-state index in [0.717, 1.165) is 4.70 Å². The average molecular weight is 319 g/mol. The van der Waals surface area contributed by atoms with Crippen molar-refractivity contribution in [1.82, 2.24) is 4.98 Å². The molecule has 0 aliphatic carbocycles. The highest BCUT2D eigenvalue weighted by atomic mass is 32.2. The number of fused-ring (bicyclic) bond motifs is 1. The summed E-state index contributed by atoms with van der Waals surface area (Å²) in [5.41, 5.74) is 5.71. The van der Waals surface area contributed by atoms with E-state index < -0.39 is 10.0 Å². The lowest BCUT2D eigenvalue weighted by Gasteiger charge is -2.08. The van der Waals surface area contributed by atoms with Gasteiger partial charge in [-0.15, -0.1) is 11.3 Å². The van der Waals surface area contributed by atoms with Gasteiger partial charge in [0.25, 0.3) is 10.0 Å². The molecule has 0 fully saturated rings. The van der Waals surface area contributed by atoms with Crippen LogP contribution >= 0.6 is 11.3 Å². The molecule has 0 atom stereocenters. The lowest BCUT2D eigenvalue weighted by atomic mass is 10.2. The van der Waals surface area contributed by atoms with Gasteiger partial charge in [0.05, 0.1) is 0 Å². The van der Waals surface area contributed by atoms with Gasteiger partial charge in [-0.05, 0) is 18.2 Å². The third kappa shape index (κ3) is 2.63. The second-order valence-corrected chi connectivity index (χ2v) is 7.13. The lowest BCUT2D eigenvalue weighted by molar-refractivity contribution is 0.601. The Hall–Kier alpha value is -1.96. The van der Waals surface area contributed by atoms with E-state index in [1.54, 1.807) is 24.3 Å². The van der Waals surface area contributed by atoms with Gasteiger partial charge in [0, 0.05) is 27.7 Å². The molecule has 108 valence electrons. The SMILES string of the molecule is NCc1sc2ccccc2c1S(=O)(=O)Nc1ccccn1. The second kappa shape index (κ2) is 5.44. The predicted octanol–water partition coefficient (Wildman–Crippen LogP) is 2.56. The first-order chi connectivity index (χ1) is 10.1. The molecule has 3 aromatic rings. The fraction of sp³-hybridized carbons (Fsp3) is 0.0714. The highest BCUT2D eigenvalue weighted by Crippen LogP contribution is 2.35. The number of thiophene rings is 1. The number of hydrogen-bond acceptors (Lipinski definition) is 5. The van der Waals surface area contributed by atoms with Crippen molar-refractivity contribution in [2.24, 2.45) is 5.73 Å². The minimum Gasteiger partial charge on any atom is -0.326 e. The van der Waals surface area contributed by atoms with Crippen LogP contribution in [0.1, 0.15) is 4.88 Å². The van der Waals surface area contributed by atoms with E-state index in [0.29, 0.717) is 10.3 Å². The van der Waals surface area contributed by atoms with E-state index in [2.05, 4.69) is 9.71 Å². The van der Waals surface area contributed by atoms with Crippen LogP contribution in [-0.2, 0) is 16.6 Å². The first-order valence-corrected chi connectivity index (χ1v) is 8.56. The van der Waals surface area contributed by atoms with Gasteiger partial charge in [-0.2, -0.15) is 0 Å². The summed E-state index contributed by atoms with van der Waals surface area (Å²) in [5.74, 6) is 0.288. The van der Waals surface area contributed by atoms with Gasteiger partial charge >= 0.3 is 0 Å². The topological polar surface area (TPSA) is 85.1 Å². The van der Waals surface area contributed by atoms with Gasteiger partial charge in [-0.25, -0.2) is 13.4 Å². The maximum atomic E-state index is 12.7. The second-order valence-electron chi connectivity index (χ2n) is 4.38. The summed E-state index contributed by atoms with van der Waals surface area (Å²) in [6.07, 6.45) is 1.54. The maximum absolute atomic E-state index is 12.7. The van der Waals surface area contributed by atoms with Crippen molar-refractivity contribution in [3.8, 4) is 0 Å². The van der Waals surface area contributed by atoms with Crippen LogP contribution in [0.5, 0.6) is 0 Å². The molecule has 0 bridgehead atoms. The Balaban J connectivity index is 2.14. The quantitative estimate of drug-likeness (QED) is 0.774. The Morgan fingerprint density at radius 2 is 1.90 bits per heavy atom. The van der Waals surface area contributed by atoms with Crippen molar-refractivity contribution in [3.63, 3.8) is 0 Å². The van der Waals surface area contributed by atoms with E-state index in [1.807, 2.05) is 18.2 Å². The van der Waals surface area contributed by atoms with Crippen molar-refractivity contribution in [2.45, 2.75) is 11.4 Å². The molecule has 0 amide bonds. The number of nitrogens with two attached hydrogens (primary N) is 1. The number of anilines is 1.